The molecule has 7 aromatic carbocycles. The lowest BCUT2D eigenvalue weighted by Crippen LogP contribution is -2.34. The van der Waals surface area contributed by atoms with Crippen LogP contribution < -0.4 is 20.6 Å². The largest absolute Gasteiger partial charge is 0.497 e. The quantitative estimate of drug-likeness (QED) is 0.132. The molecule has 0 saturated carbocycles. The molecule has 0 saturated heterocycles. The Morgan fingerprint density at radius 2 is 1.22 bits per heavy atom. The third-order valence-electron chi connectivity index (χ3n) is 9.17. The lowest BCUT2D eigenvalue weighted by atomic mass is 9.72. The number of hydrogen-bond acceptors (Lipinski definition) is 7. The first-order chi connectivity index (χ1) is 24.4. The third kappa shape index (κ3) is 5.58. The summed E-state index contributed by atoms with van der Waals surface area (Å²) in [4.78, 5) is 2.00. The maximum absolute atomic E-state index is 10.9. The number of methoxy groups -OCH3 is 1. The minimum absolute atomic E-state index is 0.154. The van der Waals surface area contributed by atoms with E-state index < -0.39 is 14.2 Å². The number of furan rings is 1. The molecule has 50 heavy (non-hydrogen) atoms. The zero-order chi connectivity index (χ0) is 34.4. The molecule has 0 atom stereocenters. The number of hydrogen-bond donors (Lipinski definition) is 4. The van der Waals surface area contributed by atoms with Crippen molar-refractivity contribution in [3.8, 4) is 28.0 Å². The van der Waals surface area contributed by atoms with Gasteiger partial charge in [-0.15, -0.1) is 0 Å². The van der Waals surface area contributed by atoms with Crippen molar-refractivity contribution in [2.24, 2.45) is 0 Å². The molecule has 4 N–H and O–H groups in total. The lowest BCUT2D eigenvalue weighted by Gasteiger charge is -2.27. The predicted molar refractivity (Wildman–Crippen MR) is 203 cm³/mol. The van der Waals surface area contributed by atoms with Crippen molar-refractivity contribution in [1.82, 2.24) is 0 Å². The van der Waals surface area contributed by atoms with Crippen LogP contribution in [0.5, 0.6) is 5.75 Å². The second-order valence-electron chi connectivity index (χ2n) is 12.2. The number of nitrogens with zero attached hydrogens (tertiary/aromatic N) is 1. The van der Waals surface area contributed by atoms with Crippen molar-refractivity contribution in [2.75, 3.05) is 12.0 Å². The molecule has 1 heterocycles. The molecule has 7 nitrogen and oxygen atoms in total. The molecule has 0 aliphatic heterocycles. The first-order valence-electron chi connectivity index (χ1n) is 16.2. The molecule has 0 fully saturated rings. The van der Waals surface area contributed by atoms with E-state index in [0.717, 1.165) is 44.4 Å². The molecule has 0 unspecified atom stereocenters. The molecule has 0 spiro atoms. The third-order valence-corrected chi connectivity index (χ3v) is 9.17. The fourth-order valence-electron chi connectivity index (χ4n) is 6.83. The summed E-state index contributed by atoms with van der Waals surface area (Å²) in [6.45, 7) is 0. The summed E-state index contributed by atoms with van der Waals surface area (Å²) in [5.41, 5.74) is 6.93. The average molecular weight is 655 g/mol. The highest BCUT2D eigenvalue weighted by Crippen LogP contribution is 2.41. The Bertz CT molecular complexity index is 2510. The zero-order valence-electron chi connectivity index (χ0n) is 27.1. The van der Waals surface area contributed by atoms with Crippen LogP contribution in [-0.2, 0) is 0 Å². The van der Waals surface area contributed by atoms with E-state index in [-0.39, 0.29) is 10.9 Å². The monoisotopic (exact) mass is 655 g/mol. The second-order valence-corrected chi connectivity index (χ2v) is 12.2. The Labute approximate surface area is 289 Å². The van der Waals surface area contributed by atoms with E-state index >= 15 is 0 Å². The summed E-state index contributed by atoms with van der Waals surface area (Å²) in [6, 6.07) is 46.9. The minimum Gasteiger partial charge on any atom is -0.497 e. The fourth-order valence-corrected chi connectivity index (χ4v) is 6.83. The number of benzene rings is 7. The van der Waals surface area contributed by atoms with Gasteiger partial charge in [-0.3, -0.25) is 0 Å². The first kappa shape index (κ1) is 31.4. The van der Waals surface area contributed by atoms with E-state index in [2.05, 4.69) is 24.3 Å². The van der Waals surface area contributed by atoms with Crippen molar-refractivity contribution in [2.45, 2.75) is 0 Å². The molecule has 0 aliphatic rings. The van der Waals surface area contributed by atoms with Gasteiger partial charge in [-0.2, -0.15) is 0 Å². The second kappa shape index (κ2) is 12.9. The van der Waals surface area contributed by atoms with Gasteiger partial charge in [0.05, 0.1) is 7.11 Å². The molecule has 242 valence electrons. The molecule has 0 amide bonds. The molecule has 0 aliphatic carbocycles. The van der Waals surface area contributed by atoms with Gasteiger partial charge in [-0.25, -0.2) is 0 Å². The summed E-state index contributed by atoms with van der Waals surface area (Å²) in [6.07, 6.45) is 0. The molecule has 9 heteroatoms. The molecule has 8 aromatic rings. The van der Waals surface area contributed by atoms with Gasteiger partial charge in [0.1, 0.15) is 16.9 Å². The smallest absolute Gasteiger partial charge is 0.489 e. The van der Waals surface area contributed by atoms with Crippen LogP contribution in [0.2, 0.25) is 0 Å². The van der Waals surface area contributed by atoms with Gasteiger partial charge >= 0.3 is 14.2 Å². The number of fused-ring (bicyclic) bond motifs is 4. The molecule has 0 bridgehead atoms. The summed E-state index contributed by atoms with van der Waals surface area (Å²) in [5.74, 6) is 0.653. The Morgan fingerprint density at radius 1 is 0.520 bits per heavy atom. The lowest BCUT2D eigenvalue weighted by molar-refractivity contribution is 0.415. The predicted octanol–water partition coefficient (Wildman–Crippen LogP) is 6.91. The molecule has 0 radical (unpaired) electrons. The van der Waals surface area contributed by atoms with Crippen molar-refractivity contribution < 1.29 is 29.3 Å². The normalized spacial score (nSPS) is 11.3. The van der Waals surface area contributed by atoms with Gasteiger partial charge in [0.2, 0.25) is 0 Å². The van der Waals surface area contributed by atoms with Gasteiger partial charge in [-0.05, 0) is 74.8 Å². The van der Waals surface area contributed by atoms with E-state index in [0.29, 0.717) is 33.4 Å². The van der Waals surface area contributed by atoms with Crippen LogP contribution in [0, 0.1) is 0 Å². The standard InChI is InChI=1S/C41H31B2NO6/c1-49-34-16-8-15-32(23-34)44(31-14-7-13-29(22-31)26-9-3-2-4-10-26)33-24-37(43(47)48)39-38(25-33)50-41-35(19-20-36(40(39)41)42(45)46)30-18-17-27-11-5-6-12-28(27)21-30/h2-25,45-48H,1H3. The SMILES string of the molecule is COc1cccc(N(c2cccc(-c3ccccc3)c2)c2cc(B(O)O)c3c(c2)oc2c(-c4ccc5ccccc5c4)ccc(B(O)O)c23)c1. The van der Waals surface area contributed by atoms with Crippen LogP contribution in [0.4, 0.5) is 17.1 Å². The van der Waals surface area contributed by atoms with Gasteiger partial charge in [0.15, 0.2) is 0 Å². The van der Waals surface area contributed by atoms with Crippen LogP contribution in [0.3, 0.4) is 0 Å². The highest BCUT2D eigenvalue weighted by atomic mass is 16.5. The van der Waals surface area contributed by atoms with E-state index in [1.54, 1.807) is 25.3 Å². The topological polar surface area (TPSA) is 107 Å². The van der Waals surface area contributed by atoms with Crippen LogP contribution in [0.1, 0.15) is 0 Å². The Hall–Kier alpha value is -5.83. The van der Waals surface area contributed by atoms with Crippen molar-refractivity contribution in [3.05, 3.63) is 146 Å². The Morgan fingerprint density at radius 3 is 1.98 bits per heavy atom. The fraction of sp³-hybridized carbons (Fsp3) is 0.0244. The minimum atomic E-state index is -1.91. The number of anilines is 3. The van der Waals surface area contributed by atoms with Crippen molar-refractivity contribution >= 4 is 74.9 Å². The maximum Gasteiger partial charge on any atom is 0.489 e. The van der Waals surface area contributed by atoms with Gasteiger partial charge in [0.25, 0.3) is 0 Å². The Balaban J connectivity index is 1.40. The van der Waals surface area contributed by atoms with Gasteiger partial charge < -0.3 is 34.2 Å². The van der Waals surface area contributed by atoms with Crippen molar-refractivity contribution in [1.29, 1.82) is 0 Å². The van der Waals surface area contributed by atoms with Crippen LogP contribution >= 0.6 is 0 Å². The highest BCUT2D eigenvalue weighted by molar-refractivity contribution is 6.66. The van der Waals surface area contributed by atoms with Crippen LogP contribution in [0.15, 0.2) is 150 Å². The summed E-state index contributed by atoms with van der Waals surface area (Å²) >= 11 is 0. The van der Waals surface area contributed by atoms with E-state index in [9.17, 15) is 20.1 Å². The van der Waals surface area contributed by atoms with E-state index in [1.165, 1.54) is 0 Å². The van der Waals surface area contributed by atoms with E-state index in [4.69, 9.17) is 9.15 Å². The number of rotatable bonds is 8. The summed E-state index contributed by atoms with van der Waals surface area (Å²) in [5, 5.41) is 45.7. The van der Waals surface area contributed by atoms with Crippen LogP contribution in [0.25, 0.3) is 55.0 Å². The summed E-state index contributed by atoms with van der Waals surface area (Å²) < 4.78 is 12.2. The van der Waals surface area contributed by atoms with Crippen LogP contribution in [-0.4, -0.2) is 41.4 Å². The Kier molecular flexibility index (Phi) is 8.11. The highest BCUT2D eigenvalue weighted by Gasteiger charge is 2.29. The molecular weight excluding hydrogens is 624 g/mol. The molecule has 8 rings (SSSR count). The zero-order valence-corrected chi connectivity index (χ0v) is 27.1. The maximum atomic E-state index is 10.9. The van der Waals surface area contributed by atoms with Gasteiger partial charge in [-0.1, -0.05) is 97.1 Å². The summed E-state index contributed by atoms with van der Waals surface area (Å²) in [7, 11) is -2.13. The van der Waals surface area contributed by atoms with E-state index in [1.807, 2.05) is 108 Å². The number of ether oxygens (including phenoxy) is 1. The molecule has 1 aromatic heterocycles. The van der Waals surface area contributed by atoms with Crippen molar-refractivity contribution in [3.63, 3.8) is 0 Å². The first-order valence-corrected chi connectivity index (χ1v) is 16.2. The van der Waals surface area contributed by atoms with Gasteiger partial charge in [0, 0.05) is 45.5 Å². The average Bonchev–Trinajstić information content (AvgIpc) is 3.54. The molecular formula is C41H31B2NO6.